The zero-order valence-corrected chi connectivity index (χ0v) is 14.1. The molecule has 0 radical (unpaired) electrons. The molecule has 2 rings (SSSR count). The van der Waals surface area contributed by atoms with Gasteiger partial charge in [0.15, 0.2) is 0 Å². The molecule has 0 fully saturated rings. The van der Waals surface area contributed by atoms with Crippen LogP contribution < -0.4 is 5.32 Å². The smallest absolute Gasteiger partial charge is 0.122 e. The molecule has 108 valence electrons. The first-order valence-corrected chi connectivity index (χ1v) is 7.88. The molecule has 0 bridgehead atoms. The third-order valence-corrected chi connectivity index (χ3v) is 3.84. The minimum absolute atomic E-state index is 0.638. The first-order valence-electron chi connectivity index (χ1n) is 6.71. The highest BCUT2D eigenvalue weighted by molar-refractivity contribution is 9.10. The second-order valence-electron chi connectivity index (χ2n) is 5.23. The number of nitrogens with one attached hydrogen (secondary N) is 1. The normalized spacial score (nSPS) is 11.2. The summed E-state index contributed by atoms with van der Waals surface area (Å²) in [5.74, 6) is 1.67. The molecule has 2 aromatic rings. The lowest BCUT2D eigenvalue weighted by Gasteiger charge is -2.11. The van der Waals surface area contributed by atoms with Gasteiger partial charge in [0.1, 0.15) is 5.82 Å². The van der Waals surface area contributed by atoms with E-state index in [1.165, 1.54) is 0 Å². The van der Waals surface area contributed by atoms with Crippen LogP contribution >= 0.6 is 27.5 Å². The number of aromatic nitrogens is 2. The molecule has 0 aliphatic carbocycles. The summed E-state index contributed by atoms with van der Waals surface area (Å²) in [5.41, 5.74) is 1.10. The topological polar surface area (TPSA) is 29.9 Å². The average Bonchev–Trinajstić information content (AvgIpc) is 2.80. The van der Waals surface area contributed by atoms with Gasteiger partial charge >= 0.3 is 0 Å². The van der Waals surface area contributed by atoms with Crippen molar-refractivity contribution in [2.75, 3.05) is 6.54 Å². The summed E-state index contributed by atoms with van der Waals surface area (Å²) in [6, 6.07) is 5.97. The van der Waals surface area contributed by atoms with Crippen molar-refractivity contribution in [1.29, 1.82) is 0 Å². The molecule has 0 saturated carbocycles. The second-order valence-corrected chi connectivity index (χ2v) is 6.55. The Morgan fingerprint density at radius 2 is 2.20 bits per heavy atom. The van der Waals surface area contributed by atoms with Gasteiger partial charge in [-0.3, -0.25) is 0 Å². The molecular formula is C15H19BrClN3. The summed E-state index contributed by atoms with van der Waals surface area (Å²) in [4.78, 5) is 4.40. The van der Waals surface area contributed by atoms with Crippen LogP contribution in [0.25, 0.3) is 0 Å². The first kappa shape index (κ1) is 15.5. The Morgan fingerprint density at radius 1 is 1.40 bits per heavy atom. The predicted molar refractivity (Wildman–Crippen MR) is 87.0 cm³/mol. The van der Waals surface area contributed by atoms with Crippen molar-refractivity contribution in [2.24, 2.45) is 5.92 Å². The van der Waals surface area contributed by atoms with E-state index in [0.29, 0.717) is 5.92 Å². The number of benzene rings is 1. The maximum absolute atomic E-state index is 6.27. The lowest BCUT2D eigenvalue weighted by molar-refractivity contribution is 0.533. The minimum atomic E-state index is 0.638. The number of nitrogens with zero attached hydrogens (tertiary/aromatic N) is 2. The van der Waals surface area contributed by atoms with E-state index in [9.17, 15) is 0 Å². The van der Waals surface area contributed by atoms with E-state index in [0.717, 1.165) is 40.5 Å². The van der Waals surface area contributed by atoms with E-state index < -0.39 is 0 Å². The largest absolute Gasteiger partial charge is 0.329 e. The maximum Gasteiger partial charge on any atom is 0.122 e. The van der Waals surface area contributed by atoms with Crippen LogP contribution in [-0.4, -0.2) is 16.1 Å². The number of hydrogen-bond acceptors (Lipinski definition) is 2. The number of rotatable bonds is 6. The van der Waals surface area contributed by atoms with Gasteiger partial charge in [0.2, 0.25) is 0 Å². The molecule has 1 aromatic carbocycles. The highest BCUT2D eigenvalue weighted by Gasteiger charge is 2.06. The van der Waals surface area contributed by atoms with Gasteiger partial charge in [0.25, 0.3) is 0 Å². The molecule has 1 aromatic heterocycles. The Morgan fingerprint density at radius 3 is 2.90 bits per heavy atom. The van der Waals surface area contributed by atoms with Crippen LogP contribution in [0.2, 0.25) is 5.02 Å². The first-order chi connectivity index (χ1) is 9.56. The Balaban J connectivity index is 2.04. The van der Waals surface area contributed by atoms with Crippen molar-refractivity contribution in [1.82, 2.24) is 14.9 Å². The fourth-order valence-corrected chi connectivity index (χ4v) is 2.69. The van der Waals surface area contributed by atoms with E-state index >= 15 is 0 Å². The van der Waals surface area contributed by atoms with Crippen molar-refractivity contribution >= 4 is 27.5 Å². The Labute approximate surface area is 133 Å². The highest BCUT2D eigenvalue weighted by Crippen LogP contribution is 2.22. The zero-order chi connectivity index (χ0) is 14.5. The van der Waals surface area contributed by atoms with Crippen molar-refractivity contribution in [3.63, 3.8) is 0 Å². The van der Waals surface area contributed by atoms with Crippen LogP contribution in [0.1, 0.15) is 25.2 Å². The van der Waals surface area contributed by atoms with E-state index in [4.69, 9.17) is 11.6 Å². The van der Waals surface area contributed by atoms with Gasteiger partial charge in [-0.15, -0.1) is 0 Å². The van der Waals surface area contributed by atoms with E-state index in [1.54, 1.807) is 0 Å². The minimum Gasteiger partial charge on any atom is -0.329 e. The fourth-order valence-electron chi connectivity index (χ4n) is 1.96. The molecule has 0 atom stereocenters. The highest BCUT2D eigenvalue weighted by atomic mass is 79.9. The van der Waals surface area contributed by atoms with Crippen LogP contribution in [0, 0.1) is 5.92 Å². The van der Waals surface area contributed by atoms with Crippen LogP contribution in [0.5, 0.6) is 0 Å². The lowest BCUT2D eigenvalue weighted by Crippen LogP contribution is -2.21. The number of hydrogen-bond donors (Lipinski definition) is 1. The lowest BCUT2D eigenvalue weighted by atomic mass is 10.2. The Bertz CT molecular complexity index is 566. The summed E-state index contributed by atoms with van der Waals surface area (Å²) in [5, 5.41) is 4.19. The molecule has 1 heterocycles. The summed E-state index contributed by atoms with van der Waals surface area (Å²) >= 11 is 9.69. The molecule has 0 spiro atoms. The third-order valence-electron chi connectivity index (χ3n) is 2.99. The molecule has 20 heavy (non-hydrogen) atoms. The summed E-state index contributed by atoms with van der Waals surface area (Å²) in [7, 11) is 0. The Hall–Kier alpha value is -0.840. The molecular weight excluding hydrogens is 338 g/mol. The number of imidazole rings is 1. The summed E-state index contributed by atoms with van der Waals surface area (Å²) in [6.07, 6.45) is 3.82. The van der Waals surface area contributed by atoms with Gasteiger partial charge in [0.05, 0.1) is 13.1 Å². The van der Waals surface area contributed by atoms with Crippen LogP contribution in [0.15, 0.2) is 35.1 Å². The molecule has 0 unspecified atom stereocenters. The SMILES string of the molecule is CC(C)CNCc1nccn1Cc1ccc(Br)cc1Cl. The van der Waals surface area contributed by atoms with Gasteiger partial charge in [-0.05, 0) is 30.2 Å². The molecule has 0 saturated heterocycles. The molecule has 1 N–H and O–H groups in total. The average molecular weight is 357 g/mol. The summed E-state index contributed by atoms with van der Waals surface area (Å²) < 4.78 is 3.12. The fraction of sp³-hybridized carbons (Fsp3) is 0.400. The molecule has 0 amide bonds. The van der Waals surface area contributed by atoms with Crippen LogP contribution in [-0.2, 0) is 13.1 Å². The van der Waals surface area contributed by atoms with Gasteiger partial charge in [-0.2, -0.15) is 0 Å². The Kier molecular flexibility index (Phi) is 5.64. The second kappa shape index (κ2) is 7.25. The number of halogens is 2. The third kappa shape index (κ3) is 4.33. The molecule has 0 aliphatic rings. The predicted octanol–water partition coefficient (Wildman–Crippen LogP) is 4.09. The van der Waals surface area contributed by atoms with Crippen LogP contribution in [0.3, 0.4) is 0 Å². The van der Waals surface area contributed by atoms with Gasteiger partial charge in [-0.1, -0.05) is 47.4 Å². The van der Waals surface area contributed by atoms with Crippen molar-refractivity contribution < 1.29 is 0 Å². The van der Waals surface area contributed by atoms with Gasteiger partial charge in [-0.25, -0.2) is 4.98 Å². The zero-order valence-electron chi connectivity index (χ0n) is 11.7. The molecule has 0 aliphatic heterocycles. The van der Waals surface area contributed by atoms with E-state index in [1.807, 2.05) is 30.6 Å². The van der Waals surface area contributed by atoms with E-state index in [2.05, 4.69) is 44.6 Å². The monoisotopic (exact) mass is 355 g/mol. The van der Waals surface area contributed by atoms with Gasteiger partial charge < -0.3 is 9.88 Å². The summed E-state index contributed by atoms with van der Waals surface area (Å²) in [6.45, 7) is 6.90. The maximum atomic E-state index is 6.27. The van der Waals surface area contributed by atoms with Crippen molar-refractivity contribution in [3.05, 3.63) is 51.5 Å². The molecule has 5 heteroatoms. The van der Waals surface area contributed by atoms with Crippen molar-refractivity contribution in [3.8, 4) is 0 Å². The quantitative estimate of drug-likeness (QED) is 0.844. The van der Waals surface area contributed by atoms with E-state index in [-0.39, 0.29) is 0 Å². The van der Waals surface area contributed by atoms with Crippen LogP contribution in [0.4, 0.5) is 0 Å². The standard InChI is InChI=1S/C15H19BrClN3/c1-11(2)8-18-9-15-19-5-6-20(15)10-12-3-4-13(16)7-14(12)17/h3-7,11,18H,8-10H2,1-2H3. The van der Waals surface area contributed by atoms with Gasteiger partial charge in [0, 0.05) is 21.9 Å². The van der Waals surface area contributed by atoms with Crippen molar-refractivity contribution in [2.45, 2.75) is 26.9 Å². The molecule has 3 nitrogen and oxygen atoms in total.